The zero-order valence-electron chi connectivity index (χ0n) is 6.84. The molecule has 1 rings (SSSR count). The summed E-state index contributed by atoms with van der Waals surface area (Å²) in [4.78, 5) is 13.4. The van der Waals surface area contributed by atoms with Gasteiger partial charge in [-0.2, -0.15) is 0 Å². The van der Waals surface area contributed by atoms with E-state index < -0.39 is 0 Å². The summed E-state index contributed by atoms with van der Waals surface area (Å²) in [7, 11) is 0. The zero-order chi connectivity index (χ0) is 8.81. The summed E-state index contributed by atoms with van der Waals surface area (Å²) in [6, 6.07) is 3.92. The number of nitrogens with one attached hydrogen (secondary N) is 2. The molecule has 0 aliphatic heterocycles. The van der Waals surface area contributed by atoms with Crippen molar-refractivity contribution in [2.45, 2.75) is 13.0 Å². The van der Waals surface area contributed by atoms with Gasteiger partial charge in [-0.3, -0.25) is 4.79 Å². The first-order valence-electron chi connectivity index (χ1n) is 3.90. The molecule has 0 aliphatic carbocycles. The molecule has 4 nitrogen and oxygen atoms in total. The predicted molar refractivity (Wildman–Crippen MR) is 46.3 cm³/mol. The van der Waals surface area contributed by atoms with Gasteiger partial charge in [-0.05, 0) is 12.1 Å². The van der Waals surface area contributed by atoms with Crippen molar-refractivity contribution < 1.29 is 4.79 Å². The van der Waals surface area contributed by atoms with E-state index in [1.54, 1.807) is 0 Å². The fourth-order valence-electron chi connectivity index (χ4n) is 0.912. The summed E-state index contributed by atoms with van der Waals surface area (Å²) in [6.45, 7) is 1.38. The van der Waals surface area contributed by atoms with Gasteiger partial charge in [0.15, 0.2) is 0 Å². The molecule has 0 saturated carbocycles. The Morgan fingerprint density at radius 3 is 3.08 bits per heavy atom. The van der Waals surface area contributed by atoms with E-state index in [1.165, 1.54) is 0 Å². The Morgan fingerprint density at radius 1 is 1.67 bits per heavy atom. The molecule has 12 heavy (non-hydrogen) atoms. The van der Waals surface area contributed by atoms with Crippen LogP contribution in [-0.4, -0.2) is 17.4 Å². The Bertz CT molecular complexity index is 230. The van der Waals surface area contributed by atoms with Crippen molar-refractivity contribution in [3.8, 4) is 0 Å². The standard InChI is InChI=1S/C8H13N3O/c9-8(12)3-5-10-6-7-2-1-4-11-7/h1-2,4,10-11H,3,5-6H2,(H2,9,12). The second-order valence-electron chi connectivity index (χ2n) is 2.59. The van der Waals surface area contributed by atoms with Gasteiger partial charge in [0.25, 0.3) is 0 Å². The third-order valence-corrected chi connectivity index (χ3v) is 1.53. The van der Waals surface area contributed by atoms with Gasteiger partial charge in [-0.1, -0.05) is 0 Å². The van der Waals surface area contributed by atoms with E-state index in [0.29, 0.717) is 13.0 Å². The Kier molecular flexibility index (Phi) is 3.35. The lowest BCUT2D eigenvalue weighted by atomic mass is 10.4. The average Bonchev–Trinajstić information content (AvgIpc) is 2.49. The van der Waals surface area contributed by atoms with Crippen molar-refractivity contribution in [2.75, 3.05) is 6.54 Å². The topological polar surface area (TPSA) is 70.9 Å². The second-order valence-corrected chi connectivity index (χ2v) is 2.59. The Morgan fingerprint density at radius 2 is 2.50 bits per heavy atom. The van der Waals surface area contributed by atoms with E-state index in [1.807, 2.05) is 18.3 Å². The number of aromatic amines is 1. The lowest BCUT2D eigenvalue weighted by Crippen LogP contribution is -2.21. The van der Waals surface area contributed by atoms with Crippen LogP contribution in [0.4, 0.5) is 0 Å². The largest absolute Gasteiger partial charge is 0.370 e. The number of nitrogens with two attached hydrogens (primary N) is 1. The van der Waals surface area contributed by atoms with Gasteiger partial charge >= 0.3 is 0 Å². The highest BCUT2D eigenvalue weighted by Crippen LogP contribution is 1.92. The fraction of sp³-hybridized carbons (Fsp3) is 0.375. The number of amides is 1. The van der Waals surface area contributed by atoms with Crippen molar-refractivity contribution in [2.24, 2.45) is 5.73 Å². The summed E-state index contributed by atoms with van der Waals surface area (Å²) in [5.41, 5.74) is 6.08. The number of carbonyl (C=O) groups is 1. The second kappa shape index (κ2) is 4.56. The van der Waals surface area contributed by atoms with Crippen LogP contribution >= 0.6 is 0 Å². The first kappa shape index (κ1) is 8.80. The van der Waals surface area contributed by atoms with E-state index in [-0.39, 0.29) is 5.91 Å². The fourth-order valence-corrected chi connectivity index (χ4v) is 0.912. The molecule has 66 valence electrons. The third kappa shape index (κ3) is 3.21. The van der Waals surface area contributed by atoms with Gasteiger partial charge in [0.1, 0.15) is 0 Å². The molecule has 4 heteroatoms. The summed E-state index contributed by atoms with van der Waals surface area (Å²) < 4.78 is 0. The monoisotopic (exact) mass is 167 g/mol. The highest BCUT2D eigenvalue weighted by Gasteiger charge is 1.94. The molecular weight excluding hydrogens is 154 g/mol. The molecule has 1 heterocycles. The molecule has 0 fully saturated rings. The molecule has 1 aromatic rings. The predicted octanol–water partition coefficient (Wildman–Crippen LogP) is -0.0203. The quantitative estimate of drug-likeness (QED) is 0.539. The number of hydrogen-bond acceptors (Lipinski definition) is 2. The molecule has 0 unspecified atom stereocenters. The number of H-pyrrole nitrogens is 1. The van der Waals surface area contributed by atoms with Crippen molar-refractivity contribution in [3.63, 3.8) is 0 Å². The number of rotatable bonds is 5. The van der Waals surface area contributed by atoms with Crippen LogP contribution in [0.2, 0.25) is 0 Å². The minimum Gasteiger partial charge on any atom is -0.370 e. The van der Waals surface area contributed by atoms with Crippen molar-refractivity contribution in [3.05, 3.63) is 24.0 Å². The summed E-state index contributed by atoms with van der Waals surface area (Å²) in [5.74, 6) is -0.269. The van der Waals surface area contributed by atoms with Gasteiger partial charge < -0.3 is 16.0 Å². The summed E-state index contributed by atoms with van der Waals surface area (Å²) in [5, 5.41) is 3.09. The van der Waals surface area contributed by atoms with Gasteiger partial charge in [-0.25, -0.2) is 0 Å². The molecule has 4 N–H and O–H groups in total. The Labute approximate surface area is 71.2 Å². The smallest absolute Gasteiger partial charge is 0.218 e. The SMILES string of the molecule is NC(=O)CCNCc1ccc[nH]1. The van der Waals surface area contributed by atoms with Crippen molar-refractivity contribution in [1.82, 2.24) is 10.3 Å². The zero-order valence-corrected chi connectivity index (χ0v) is 6.84. The summed E-state index contributed by atoms with van der Waals surface area (Å²) in [6.07, 6.45) is 2.26. The molecule has 0 aromatic carbocycles. The Hall–Kier alpha value is -1.29. The molecule has 0 atom stereocenters. The minimum atomic E-state index is -0.269. The third-order valence-electron chi connectivity index (χ3n) is 1.53. The van der Waals surface area contributed by atoms with Crippen LogP contribution in [0.5, 0.6) is 0 Å². The molecule has 0 saturated heterocycles. The van der Waals surface area contributed by atoms with E-state index in [4.69, 9.17) is 5.73 Å². The van der Waals surface area contributed by atoms with E-state index in [2.05, 4.69) is 10.3 Å². The maximum atomic E-state index is 10.3. The first-order chi connectivity index (χ1) is 5.79. The molecular formula is C8H13N3O. The van der Waals surface area contributed by atoms with Crippen molar-refractivity contribution in [1.29, 1.82) is 0 Å². The van der Waals surface area contributed by atoms with Gasteiger partial charge in [-0.15, -0.1) is 0 Å². The van der Waals surface area contributed by atoms with E-state index >= 15 is 0 Å². The molecule has 1 amide bonds. The number of hydrogen-bond donors (Lipinski definition) is 3. The van der Waals surface area contributed by atoms with Crippen LogP contribution in [0.15, 0.2) is 18.3 Å². The lowest BCUT2D eigenvalue weighted by molar-refractivity contribution is -0.117. The molecule has 0 aliphatic rings. The van der Waals surface area contributed by atoms with Crippen LogP contribution in [0.25, 0.3) is 0 Å². The van der Waals surface area contributed by atoms with Gasteiger partial charge in [0, 0.05) is 31.4 Å². The molecule has 0 radical (unpaired) electrons. The lowest BCUT2D eigenvalue weighted by Gasteiger charge is -1.99. The number of carbonyl (C=O) groups excluding carboxylic acids is 1. The highest BCUT2D eigenvalue weighted by molar-refractivity contribution is 5.73. The van der Waals surface area contributed by atoms with E-state index in [9.17, 15) is 4.79 Å². The van der Waals surface area contributed by atoms with Crippen LogP contribution in [-0.2, 0) is 11.3 Å². The maximum absolute atomic E-state index is 10.3. The van der Waals surface area contributed by atoms with Gasteiger partial charge in [0.05, 0.1) is 0 Å². The van der Waals surface area contributed by atoms with Crippen LogP contribution in [0.1, 0.15) is 12.1 Å². The van der Waals surface area contributed by atoms with Crippen molar-refractivity contribution >= 4 is 5.91 Å². The minimum absolute atomic E-state index is 0.269. The maximum Gasteiger partial charge on any atom is 0.218 e. The normalized spacial score (nSPS) is 10.0. The van der Waals surface area contributed by atoms with Crippen LogP contribution in [0.3, 0.4) is 0 Å². The van der Waals surface area contributed by atoms with E-state index in [0.717, 1.165) is 12.2 Å². The van der Waals surface area contributed by atoms with Gasteiger partial charge in [0.2, 0.25) is 5.91 Å². The summed E-state index contributed by atoms with van der Waals surface area (Å²) >= 11 is 0. The first-order valence-corrected chi connectivity index (χ1v) is 3.90. The number of aromatic nitrogens is 1. The molecule has 1 aromatic heterocycles. The molecule has 0 spiro atoms. The average molecular weight is 167 g/mol. The van der Waals surface area contributed by atoms with Crippen LogP contribution in [0, 0.1) is 0 Å². The molecule has 0 bridgehead atoms. The Balaban J connectivity index is 2.07. The highest BCUT2D eigenvalue weighted by atomic mass is 16.1. The number of primary amides is 1. The van der Waals surface area contributed by atoms with Crippen LogP contribution < -0.4 is 11.1 Å².